The van der Waals surface area contributed by atoms with E-state index < -0.39 is 0 Å². The predicted molar refractivity (Wildman–Crippen MR) is 68.3 cm³/mol. The second-order valence-electron chi connectivity index (χ2n) is 6.21. The number of hydrogen-bond acceptors (Lipinski definition) is 2. The van der Waals surface area contributed by atoms with Crippen molar-refractivity contribution in [3.05, 3.63) is 23.5 Å². The standard InChI is InChI=1S/C14H21N3/c1-13(2)12(14(13,3)4)16-8-10-6-11(7-15)17(5)9-10/h6,9,12,16H,8H2,1-5H3. The molecule has 3 heteroatoms. The third-order valence-electron chi connectivity index (χ3n) is 4.71. The smallest absolute Gasteiger partial charge is 0.120 e. The number of rotatable bonds is 3. The van der Waals surface area contributed by atoms with Crippen LogP contribution in [0.2, 0.25) is 0 Å². The van der Waals surface area contributed by atoms with Gasteiger partial charge in [0.1, 0.15) is 11.8 Å². The highest BCUT2D eigenvalue weighted by Crippen LogP contribution is 2.62. The average Bonchev–Trinajstić information content (AvgIpc) is 2.55. The van der Waals surface area contributed by atoms with Crippen LogP contribution < -0.4 is 5.32 Å². The third-order valence-corrected chi connectivity index (χ3v) is 4.71. The number of nitrogens with zero attached hydrogens (tertiary/aromatic N) is 2. The van der Waals surface area contributed by atoms with Gasteiger partial charge < -0.3 is 9.88 Å². The number of nitrogens with one attached hydrogen (secondary N) is 1. The molecule has 1 aliphatic carbocycles. The van der Waals surface area contributed by atoms with Crippen molar-refractivity contribution in [1.82, 2.24) is 9.88 Å². The monoisotopic (exact) mass is 231 g/mol. The van der Waals surface area contributed by atoms with Gasteiger partial charge in [0.15, 0.2) is 0 Å². The minimum atomic E-state index is 0.361. The van der Waals surface area contributed by atoms with Gasteiger partial charge in [0.2, 0.25) is 0 Å². The lowest BCUT2D eigenvalue weighted by Crippen LogP contribution is -2.21. The van der Waals surface area contributed by atoms with Crippen LogP contribution in [-0.4, -0.2) is 10.6 Å². The summed E-state index contributed by atoms with van der Waals surface area (Å²) in [6.07, 6.45) is 2.02. The topological polar surface area (TPSA) is 40.8 Å². The van der Waals surface area contributed by atoms with Crippen molar-refractivity contribution in [2.24, 2.45) is 17.9 Å². The van der Waals surface area contributed by atoms with Gasteiger partial charge in [0, 0.05) is 25.8 Å². The van der Waals surface area contributed by atoms with Gasteiger partial charge in [-0.05, 0) is 22.5 Å². The first-order valence-corrected chi connectivity index (χ1v) is 6.09. The van der Waals surface area contributed by atoms with E-state index in [1.54, 1.807) is 0 Å². The van der Waals surface area contributed by atoms with Crippen molar-refractivity contribution < 1.29 is 0 Å². The Kier molecular flexibility index (Phi) is 2.59. The molecule has 1 heterocycles. The molecular formula is C14H21N3. The molecule has 17 heavy (non-hydrogen) atoms. The summed E-state index contributed by atoms with van der Waals surface area (Å²) >= 11 is 0. The van der Waals surface area contributed by atoms with Crippen LogP contribution in [0.5, 0.6) is 0 Å². The van der Waals surface area contributed by atoms with Crippen molar-refractivity contribution in [3.8, 4) is 6.07 Å². The normalized spacial score (nSPS) is 21.2. The second-order valence-corrected chi connectivity index (χ2v) is 6.21. The summed E-state index contributed by atoms with van der Waals surface area (Å²) < 4.78 is 1.88. The highest BCUT2D eigenvalue weighted by Gasteiger charge is 2.64. The summed E-state index contributed by atoms with van der Waals surface area (Å²) in [6.45, 7) is 10.0. The van der Waals surface area contributed by atoms with Gasteiger partial charge in [0.05, 0.1) is 0 Å². The Bertz CT molecular complexity index is 460. The maximum absolute atomic E-state index is 8.90. The Morgan fingerprint density at radius 2 is 1.94 bits per heavy atom. The third kappa shape index (κ3) is 1.77. The first-order chi connectivity index (χ1) is 7.80. The summed E-state index contributed by atoms with van der Waals surface area (Å²) in [5.74, 6) is 0. The van der Waals surface area contributed by atoms with Crippen LogP contribution in [-0.2, 0) is 13.6 Å². The number of aromatic nitrogens is 1. The first kappa shape index (κ1) is 12.2. The van der Waals surface area contributed by atoms with Gasteiger partial charge in [-0.1, -0.05) is 27.7 Å². The second kappa shape index (κ2) is 3.61. The summed E-state index contributed by atoms with van der Waals surface area (Å²) in [5.41, 5.74) is 2.62. The number of aryl methyl sites for hydroxylation is 1. The quantitative estimate of drug-likeness (QED) is 0.868. The predicted octanol–water partition coefficient (Wildman–Crippen LogP) is 2.42. The van der Waals surface area contributed by atoms with E-state index >= 15 is 0 Å². The lowest BCUT2D eigenvalue weighted by Gasteiger charge is -2.04. The molecule has 0 bridgehead atoms. The number of nitriles is 1. The maximum atomic E-state index is 8.90. The molecule has 2 rings (SSSR count). The number of hydrogen-bond donors (Lipinski definition) is 1. The van der Waals surface area contributed by atoms with Gasteiger partial charge >= 0.3 is 0 Å². The van der Waals surface area contributed by atoms with Gasteiger partial charge in [-0.15, -0.1) is 0 Å². The van der Waals surface area contributed by atoms with Gasteiger partial charge in [-0.3, -0.25) is 0 Å². The summed E-state index contributed by atoms with van der Waals surface area (Å²) in [7, 11) is 1.91. The first-order valence-electron chi connectivity index (χ1n) is 6.09. The van der Waals surface area contributed by atoms with Crippen LogP contribution in [0.3, 0.4) is 0 Å². The molecule has 1 aliphatic rings. The summed E-state index contributed by atoms with van der Waals surface area (Å²) in [5, 5.41) is 12.5. The molecule has 92 valence electrons. The van der Waals surface area contributed by atoms with Crippen LogP contribution in [0.25, 0.3) is 0 Å². The van der Waals surface area contributed by atoms with Crippen LogP contribution in [0.1, 0.15) is 39.0 Å². The summed E-state index contributed by atoms with van der Waals surface area (Å²) in [4.78, 5) is 0. The van der Waals surface area contributed by atoms with Crippen molar-refractivity contribution in [1.29, 1.82) is 5.26 Å². The van der Waals surface area contributed by atoms with Crippen LogP contribution in [0, 0.1) is 22.2 Å². The van der Waals surface area contributed by atoms with Crippen molar-refractivity contribution in [2.45, 2.75) is 40.3 Å². The molecule has 0 atom stereocenters. The van der Waals surface area contributed by atoms with E-state index in [4.69, 9.17) is 5.26 Å². The molecule has 0 unspecified atom stereocenters. The molecule has 3 nitrogen and oxygen atoms in total. The van der Waals surface area contributed by atoms with Crippen molar-refractivity contribution in [3.63, 3.8) is 0 Å². The molecule has 0 amide bonds. The molecule has 0 radical (unpaired) electrons. The molecule has 0 aromatic carbocycles. The molecule has 1 N–H and O–H groups in total. The van der Waals surface area contributed by atoms with E-state index in [2.05, 4.69) is 39.1 Å². The lowest BCUT2D eigenvalue weighted by molar-refractivity contribution is 0.457. The molecule has 1 saturated carbocycles. The zero-order valence-electron chi connectivity index (χ0n) is 11.3. The van der Waals surface area contributed by atoms with Gasteiger partial charge in [0.25, 0.3) is 0 Å². The Morgan fingerprint density at radius 3 is 2.35 bits per heavy atom. The van der Waals surface area contributed by atoms with E-state index in [1.807, 2.05) is 23.9 Å². The maximum Gasteiger partial charge on any atom is 0.120 e. The molecule has 0 aliphatic heterocycles. The Hall–Kier alpha value is -1.27. The van der Waals surface area contributed by atoms with Crippen LogP contribution in [0.4, 0.5) is 0 Å². The fraction of sp³-hybridized carbons (Fsp3) is 0.643. The Morgan fingerprint density at radius 1 is 1.35 bits per heavy atom. The fourth-order valence-corrected chi connectivity index (χ4v) is 2.77. The van der Waals surface area contributed by atoms with E-state index in [9.17, 15) is 0 Å². The SMILES string of the molecule is Cn1cc(CNC2C(C)(C)C2(C)C)cc1C#N. The largest absolute Gasteiger partial charge is 0.342 e. The minimum Gasteiger partial charge on any atom is -0.342 e. The Balaban J connectivity index is 1.99. The highest BCUT2D eigenvalue weighted by molar-refractivity contribution is 5.29. The summed E-state index contributed by atoms with van der Waals surface area (Å²) in [6, 6.07) is 4.70. The van der Waals surface area contributed by atoms with Crippen LogP contribution in [0.15, 0.2) is 12.3 Å². The van der Waals surface area contributed by atoms with E-state index in [1.165, 1.54) is 5.56 Å². The zero-order valence-corrected chi connectivity index (χ0v) is 11.3. The minimum absolute atomic E-state index is 0.361. The van der Waals surface area contributed by atoms with E-state index in [-0.39, 0.29) is 0 Å². The van der Waals surface area contributed by atoms with Crippen LogP contribution >= 0.6 is 0 Å². The Labute approximate surface area is 103 Å². The van der Waals surface area contributed by atoms with Crippen molar-refractivity contribution in [2.75, 3.05) is 0 Å². The van der Waals surface area contributed by atoms with Crippen molar-refractivity contribution >= 4 is 0 Å². The molecule has 1 aromatic rings. The van der Waals surface area contributed by atoms with E-state index in [0.29, 0.717) is 16.9 Å². The van der Waals surface area contributed by atoms with Gasteiger partial charge in [-0.2, -0.15) is 5.26 Å². The molecule has 0 spiro atoms. The fourth-order valence-electron chi connectivity index (χ4n) is 2.77. The lowest BCUT2D eigenvalue weighted by atomic mass is 10.0. The van der Waals surface area contributed by atoms with Gasteiger partial charge in [-0.25, -0.2) is 0 Å². The molecule has 0 saturated heterocycles. The zero-order chi connectivity index (χ0) is 12.8. The molecule has 1 fully saturated rings. The molecule has 1 aromatic heterocycles. The average molecular weight is 231 g/mol. The highest BCUT2D eigenvalue weighted by atomic mass is 15.0. The van der Waals surface area contributed by atoms with E-state index in [0.717, 1.165) is 12.2 Å². The molecular weight excluding hydrogens is 210 g/mol.